The predicted molar refractivity (Wildman–Crippen MR) is 120 cm³/mol. The van der Waals surface area contributed by atoms with Gasteiger partial charge in [-0.15, -0.1) is 0 Å². The van der Waals surface area contributed by atoms with Crippen LogP contribution in [0, 0.1) is 5.82 Å². The second-order valence-corrected chi connectivity index (χ2v) is 8.62. The molecule has 0 spiro atoms. The first-order valence-electron chi connectivity index (χ1n) is 11.2. The highest BCUT2D eigenvalue weighted by atomic mass is 19.4. The molecule has 1 fully saturated rings. The zero-order chi connectivity index (χ0) is 25.2. The lowest BCUT2D eigenvalue weighted by molar-refractivity contribution is -0.158. The van der Waals surface area contributed by atoms with Gasteiger partial charge in [0.15, 0.2) is 0 Å². The van der Waals surface area contributed by atoms with E-state index in [0.717, 1.165) is 0 Å². The first-order valence-corrected chi connectivity index (χ1v) is 11.2. The average molecular weight is 492 g/mol. The Morgan fingerprint density at radius 3 is 2.34 bits per heavy atom. The summed E-state index contributed by atoms with van der Waals surface area (Å²) in [5, 5.41) is 5.31. The number of para-hydroxylation sites is 2. The molecule has 11 heteroatoms. The molecule has 1 atom stereocenters. The standard InChI is InChI=1S/C24H24F4N4O3/c25-16-7-5-15(6-8-16)23(35)29-17-9-11-31(12-10-17)14-22(34)32-19-4-2-1-3-18(19)30-21(33)13-20(32)24(26,27)28/h1-8,17,20H,9-14H2,(H,29,35)(H,30,33). The van der Waals surface area contributed by atoms with Gasteiger partial charge in [0.1, 0.15) is 11.9 Å². The number of carbonyl (C=O) groups is 3. The van der Waals surface area contributed by atoms with Crippen molar-refractivity contribution in [3.63, 3.8) is 0 Å². The largest absolute Gasteiger partial charge is 0.409 e. The summed E-state index contributed by atoms with van der Waals surface area (Å²) in [6.07, 6.45) is -4.68. The molecule has 2 aromatic carbocycles. The van der Waals surface area contributed by atoms with Crippen LogP contribution in [0.4, 0.5) is 28.9 Å². The monoisotopic (exact) mass is 492 g/mol. The van der Waals surface area contributed by atoms with Gasteiger partial charge in [0.05, 0.1) is 24.3 Å². The second kappa shape index (κ2) is 10.0. The zero-order valence-electron chi connectivity index (χ0n) is 18.6. The molecular formula is C24H24F4N4O3. The molecule has 1 unspecified atom stereocenters. The van der Waals surface area contributed by atoms with Gasteiger partial charge >= 0.3 is 6.18 Å². The maximum absolute atomic E-state index is 13.9. The van der Waals surface area contributed by atoms with E-state index in [4.69, 9.17) is 0 Å². The van der Waals surface area contributed by atoms with Crippen LogP contribution in [0.25, 0.3) is 0 Å². The second-order valence-electron chi connectivity index (χ2n) is 8.62. The number of carbonyl (C=O) groups excluding carboxylic acids is 3. The van der Waals surface area contributed by atoms with E-state index >= 15 is 0 Å². The van der Waals surface area contributed by atoms with Crippen LogP contribution in [0.1, 0.15) is 29.6 Å². The van der Waals surface area contributed by atoms with Crippen LogP contribution in [-0.2, 0) is 9.59 Å². The van der Waals surface area contributed by atoms with E-state index < -0.39 is 36.3 Å². The molecule has 0 radical (unpaired) electrons. The summed E-state index contributed by atoms with van der Waals surface area (Å²) in [6.45, 7) is 0.528. The van der Waals surface area contributed by atoms with Crippen LogP contribution in [0.15, 0.2) is 48.5 Å². The molecule has 2 N–H and O–H groups in total. The Bertz CT molecular complexity index is 1100. The van der Waals surface area contributed by atoms with E-state index in [1.54, 1.807) is 11.0 Å². The number of benzene rings is 2. The predicted octanol–water partition coefficient (Wildman–Crippen LogP) is 3.33. The molecule has 1 saturated heterocycles. The molecule has 186 valence electrons. The van der Waals surface area contributed by atoms with E-state index in [2.05, 4.69) is 10.6 Å². The normalized spacial score (nSPS) is 19.5. The van der Waals surface area contributed by atoms with Crippen molar-refractivity contribution >= 4 is 29.1 Å². The molecule has 3 amide bonds. The highest BCUT2D eigenvalue weighted by molar-refractivity contribution is 6.05. The topological polar surface area (TPSA) is 81.8 Å². The molecule has 35 heavy (non-hydrogen) atoms. The molecule has 0 saturated carbocycles. The number of nitrogens with one attached hydrogen (secondary N) is 2. The minimum Gasteiger partial charge on any atom is -0.349 e. The van der Waals surface area contributed by atoms with Gasteiger partial charge in [-0.3, -0.25) is 24.2 Å². The van der Waals surface area contributed by atoms with Crippen molar-refractivity contribution in [3.05, 3.63) is 59.9 Å². The fraction of sp³-hybridized carbons (Fsp3) is 0.375. The van der Waals surface area contributed by atoms with Crippen LogP contribution in [0.2, 0.25) is 0 Å². The van der Waals surface area contributed by atoms with Gasteiger partial charge in [0.2, 0.25) is 11.8 Å². The van der Waals surface area contributed by atoms with E-state index in [1.165, 1.54) is 42.5 Å². The third-order valence-electron chi connectivity index (χ3n) is 6.16. The maximum atomic E-state index is 13.9. The van der Waals surface area contributed by atoms with Crippen molar-refractivity contribution in [2.45, 2.75) is 37.5 Å². The van der Waals surface area contributed by atoms with Gasteiger partial charge in [-0.1, -0.05) is 12.1 Å². The molecule has 0 aromatic heterocycles. The molecule has 7 nitrogen and oxygen atoms in total. The SMILES string of the molecule is O=C1CC(C(F)(F)F)N(C(=O)CN2CCC(NC(=O)c3ccc(F)cc3)CC2)c2ccccc2N1. The Labute approximate surface area is 199 Å². The maximum Gasteiger partial charge on any atom is 0.409 e. The van der Waals surface area contributed by atoms with Crippen molar-refractivity contribution in [2.75, 3.05) is 29.9 Å². The van der Waals surface area contributed by atoms with E-state index in [0.29, 0.717) is 36.4 Å². The highest BCUT2D eigenvalue weighted by Gasteiger charge is 2.49. The fourth-order valence-electron chi connectivity index (χ4n) is 4.37. The molecule has 0 bridgehead atoms. The Balaban J connectivity index is 1.41. The molecule has 2 aliphatic rings. The average Bonchev–Trinajstić information content (AvgIpc) is 2.96. The number of hydrogen-bond donors (Lipinski definition) is 2. The number of piperidine rings is 1. The number of likely N-dealkylation sites (tertiary alicyclic amines) is 1. The summed E-state index contributed by atoms with van der Waals surface area (Å²) in [7, 11) is 0. The highest BCUT2D eigenvalue weighted by Crippen LogP contribution is 2.37. The molecule has 2 aliphatic heterocycles. The minimum atomic E-state index is -4.79. The lowest BCUT2D eigenvalue weighted by atomic mass is 10.0. The van der Waals surface area contributed by atoms with Gasteiger partial charge < -0.3 is 10.6 Å². The number of alkyl halides is 3. The summed E-state index contributed by atoms with van der Waals surface area (Å²) in [6, 6.07) is 8.63. The van der Waals surface area contributed by atoms with Crippen molar-refractivity contribution in [1.82, 2.24) is 10.2 Å². The first kappa shape index (κ1) is 24.6. The number of rotatable bonds is 4. The van der Waals surface area contributed by atoms with E-state index in [1.807, 2.05) is 0 Å². The van der Waals surface area contributed by atoms with Crippen LogP contribution >= 0.6 is 0 Å². The van der Waals surface area contributed by atoms with E-state index in [-0.39, 0.29) is 29.9 Å². The molecule has 2 heterocycles. The zero-order valence-corrected chi connectivity index (χ0v) is 18.6. The lowest BCUT2D eigenvalue weighted by Crippen LogP contribution is -2.54. The molecular weight excluding hydrogens is 468 g/mol. The van der Waals surface area contributed by atoms with Gasteiger partial charge in [-0.2, -0.15) is 13.2 Å². The summed E-state index contributed by atoms with van der Waals surface area (Å²) in [5.41, 5.74) is 0.483. The van der Waals surface area contributed by atoms with E-state index in [9.17, 15) is 31.9 Å². The number of hydrogen-bond acceptors (Lipinski definition) is 4. The smallest absolute Gasteiger partial charge is 0.349 e. The summed E-state index contributed by atoms with van der Waals surface area (Å²) in [4.78, 5) is 40.0. The van der Waals surface area contributed by atoms with Gasteiger partial charge in [-0.05, 0) is 49.2 Å². The van der Waals surface area contributed by atoms with Crippen LogP contribution in [0.3, 0.4) is 0 Å². The number of nitrogens with zero attached hydrogens (tertiary/aromatic N) is 2. The number of halogens is 4. The lowest BCUT2D eigenvalue weighted by Gasteiger charge is -2.36. The van der Waals surface area contributed by atoms with Gasteiger partial charge in [-0.25, -0.2) is 4.39 Å². The molecule has 4 rings (SSSR count). The Hall–Kier alpha value is -3.47. The summed E-state index contributed by atoms with van der Waals surface area (Å²) < 4.78 is 54.6. The third kappa shape index (κ3) is 5.79. The van der Waals surface area contributed by atoms with Crippen LogP contribution in [0.5, 0.6) is 0 Å². The molecule has 2 aromatic rings. The van der Waals surface area contributed by atoms with Crippen molar-refractivity contribution < 1.29 is 31.9 Å². The quantitative estimate of drug-likeness (QED) is 0.642. The van der Waals surface area contributed by atoms with Gasteiger partial charge in [0.25, 0.3) is 5.91 Å². The number of fused-ring (bicyclic) bond motifs is 1. The summed E-state index contributed by atoms with van der Waals surface area (Å²) >= 11 is 0. The molecule has 0 aliphatic carbocycles. The first-order chi connectivity index (χ1) is 16.6. The number of amides is 3. The van der Waals surface area contributed by atoms with Crippen molar-refractivity contribution in [1.29, 1.82) is 0 Å². The third-order valence-corrected chi connectivity index (χ3v) is 6.16. The fourth-order valence-corrected chi connectivity index (χ4v) is 4.37. The minimum absolute atomic E-state index is 0.00659. The van der Waals surface area contributed by atoms with Crippen LogP contribution in [-0.4, -0.2) is 60.5 Å². The van der Waals surface area contributed by atoms with Crippen LogP contribution < -0.4 is 15.5 Å². The Kier molecular flexibility index (Phi) is 7.06. The number of anilines is 2. The Morgan fingerprint density at radius 1 is 1.03 bits per heavy atom. The van der Waals surface area contributed by atoms with Crippen molar-refractivity contribution in [3.8, 4) is 0 Å². The Morgan fingerprint density at radius 2 is 1.69 bits per heavy atom. The van der Waals surface area contributed by atoms with Gasteiger partial charge in [0, 0.05) is 24.7 Å². The summed E-state index contributed by atoms with van der Waals surface area (Å²) in [5.74, 6) is -2.36. The van der Waals surface area contributed by atoms with Crippen molar-refractivity contribution in [2.24, 2.45) is 0 Å².